The number of hydrogen-bond acceptors (Lipinski definition) is 4. The Bertz CT molecular complexity index is 994. The quantitative estimate of drug-likeness (QED) is 0.637. The summed E-state index contributed by atoms with van der Waals surface area (Å²) in [6, 6.07) is 3.97. The summed E-state index contributed by atoms with van der Waals surface area (Å²) in [5.74, 6) is -1.85. The van der Waals surface area contributed by atoms with Gasteiger partial charge in [-0.15, -0.1) is 0 Å². The number of nitrogens with zero attached hydrogens (tertiary/aromatic N) is 3. The molecular formula is C18H20F2N6O. The molecule has 0 saturated heterocycles. The number of hydrogen-bond donors (Lipinski definition) is 3. The Balaban J connectivity index is 1.69. The van der Waals surface area contributed by atoms with Gasteiger partial charge in [0.15, 0.2) is 0 Å². The maximum Gasteiger partial charge on any atom is 0.269 e. The summed E-state index contributed by atoms with van der Waals surface area (Å²) in [4.78, 5) is 12.3. The molecule has 0 radical (unpaired) electrons. The van der Waals surface area contributed by atoms with Crippen LogP contribution in [0.5, 0.6) is 0 Å². The molecule has 2 aromatic heterocycles. The minimum absolute atomic E-state index is 0.0132. The first-order valence-electron chi connectivity index (χ1n) is 8.32. The fourth-order valence-corrected chi connectivity index (χ4v) is 2.92. The van der Waals surface area contributed by atoms with Gasteiger partial charge in [0.25, 0.3) is 5.91 Å². The maximum atomic E-state index is 13.8. The Hall–Kier alpha value is -3.07. The molecule has 0 fully saturated rings. The molecule has 0 saturated carbocycles. The molecule has 9 heteroatoms. The third kappa shape index (κ3) is 3.72. The summed E-state index contributed by atoms with van der Waals surface area (Å²) < 4.78 is 28.5. The van der Waals surface area contributed by atoms with Gasteiger partial charge in [-0.05, 0) is 26.0 Å². The largest absolute Gasteiger partial charge is 0.349 e. The smallest absolute Gasteiger partial charge is 0.269 e. The van der Waals surface area contributed by atoms with Gasteiger partial charge in [0.05, 0.1) is 17.4 Å². The number of aryl methyl sites for hydroxylation is 2. The van der Waals surface area contributed by atoms with Crippen molar-refractivity contribution in [2.45, 2.75) is 19.9 Å². The SMILES string of the molecule is Cc1nn(C)c(C)c1-c1cc(C(=O)NCC(N)c2ccc(F)cc2F)[nH]n1. The molecule has 4 N–H and O–H groups in total. The first-order chi connectivity index (χ1) is 12.8. The summed E-state index contributed by atoms with van der Waals surface area (Å²) >= 11 is 0. The molecular weight excluding hydrogens is 354 g/mol. The third-order valence-electron chi connectivity index (χ3n) is 4.43. The first kappa shape index (κ1) is 18.7. The molecule has 27 heavy (non-hydrogen) atoms. The van der Waals surface area contributed by atoms with Crippen LogP contribution in [-0.2, 0) is 7.05 Å². The number of rotatable bonds is 5. The normalized spacial score (nSPS) is 12.2. The van der Waals surface area contributed by atoms with Crippen LogP contribution in [0.15, 0.2) is 24.3 Å². The van der Waals surface area contributed by atoms with Crippen LogP contribution in [0.2, 0.25) is 0 Å². The summed E-state index contributed by atoms with van der Waals surface area (Å²) in [6.07, 6.45) is 0. The molecule has 2 heterocycles. The second-order valence-electron chi connectivity index (χ2n) is 6.32. The highest BCUT2D eigenvalue weighted by Crippen LogP contribution is 2.25. The van der Waals surface area contributed by atoms with Crippen molar-refractivity contribution < 1.29 is 13.6 Å². The predicted octanol–water partition coefficient (Wildman–Crippen LogP) is 2.14. The van der Waals surface area contributed by atoms with Gasteiger partial charge < -0.3 is 11.1 Å². The van der Waals surface area contributed by atoms with Crippen LogP contribution in [0.3, 0.4) is 0 Å². The van der Waals surface area contributed by atoms with Crippen molar-refractivity contribution in [3.8, 4) is 11.3 Å². The van der Waals surface area contributed by atoms with Gasteiger partial charge in [0, 0.05) is 36.5 Å². The van der Waals surface area contributed by atoms with E-state index in [1.165, 1.54) is 6.07 Å². The first-order valence-corrected chi connectivity index (χ1v) is 8.32. The van der Waals surface area contributed by atoms with E-state index >= 15 is 0 Å². The van der Waals surface area contributed by atoms with Gasteiger partial charge in [-0.2, -0.15) is 10.2 Å². The number of nitrogens with one attached hydrogen (secondary N) is 2. The molecule has 3 aromatic rings. The number of carbonyl (C=O) groups excluding carboxylic acids is 1. The number of nitrogens with two attached hydrogens (primary N) is 1. The Kier molecular flexibility index (Phi) is 5.04. The minimum Gasteiger partial charge on any atom is -0.349 e. The molecule has 0 aliphatic rings. The van der Waals surface area contributed by atoms with Crippen LogP contribution in [0.25, 0.3) is 11.3 Å². The summed E-state index contributed by atoms with van der Waals surface area (Å²) in [5, 5.41) is 13.8. The van der Waals surface area contributed by atoms with Crippen molar-refractivity contribution in [3.63, 3.8) is 0 Å². The molecule has 1 atom stereocenters. The highest BCUT2D eigenvalue weighted by molar-refractivity contribution is 5.93. The Labute approximate surface area is 154 Å². The summed E-state index contributed by atoms with van der Waals surface area (Å²) in [7, 11) is 1.84. The lowest BCUT2D eigenvalue weighted by atomic mass is 10.1. The predicted molar refractivity (Wildman–Crippen MR) is 95.9 cm³/mol. The zero-order valence-electron chi connectivity index (χ0n) is 15.2. The van der Waals surface area contributed by atoms with Crippen molar-refractivity contribution in [2.75, 3.05) is 6.54 Å². The van der Waals surface area contributed by atoms with Gasteiger partial charge >= 0.3 is 0 Å². The molecule has 3 rings (SSSR count). The second kappa shape index (κ2) is 7.28. The molecule has 1 amide bonds. The lowest BCUT2D eigenvalue weighted by Crippen LogP contribution is -2.32. The van der Waals surface area contributed by atoms with E-state index in [0.717, 1.165) is 29.1 Å². The number of halogens is 2. The van der Waals surface area contributed by atoms with Crippen molar-refractivity contribution in [3.05, 3.63) is 58.5 Å². The van der Waals surface area contributed by atoms with Crippen LogP contribution in [0.1, 0.15) is 33.5 Å². The van der Waals surface area contributed by atoms with Crippen LogP contribution < -0.4 is 11.1 Å². The highest BCUT2D eigenvalue weighted by Gasteiger charge is 2.18. The zero-order chi connectivity index (χ0) is 19.7. The van der Waals surface area contributed by atoms with Crippen LogP contribution in [0.4, 0.5) is 8.78 Å². The van der Waals surface area contributed by atoms with Crippen molar-refractivity contribution >= 4 is 5.91 Å². The van der Waals surface area contributed by atoms with Gasteiger partial charge in [0.2, 0.25) is 0 Å². The molecule has 7 nitrogen and oxygen atoms in total. The minimum atomic E-state index is -0.806. The van der Waals surface area contributed by atoms with Crippen molar-refractivity contribution in [1.82, 2.24) is 25.3 Å². The topological polar surface area (TPSA) is 102 Å². The second-order valence-corrected chi connectivity index (χ2v) is 6.32. The van der Waals surface area contributed by atoms with Gasteiger partial charge in [-0.25, -0.2) is 8.78 Å². The number of carbonyl (C=O) groups is 1. The molecule has 1 unspecified atom stereocenters. The number of amides is 1. The number of benzene rings is 1. The van der Waals surface area contributed by atoms with E-state index < -0.39 is 23.6 Å². The lowest BCUT2D eigenvalue weighted by molar-refractivity contribution is 0.0946. The van der Waals surface area contributed by atoms with E-state index in [1.807, 2.05) is 20.9 Å². The van der Waals surface area contributed by atoms with E-state index in [9.17, 15) is 13.6 Å². The molecule has 142 valence electrons. The lowest BCUT2D eigenvalue weighted by Gasteiger charge is -2.13. The van der Waals surface area contributed by atoms with Crippen LogP contribution in [-0.4, -0.2) is 32.4 Å². The number of H-pyrrole nitrogens is 1. The Morgan fingerprint density at radius 3 is 2.70 bits per heavy atom. The number of aromatic nitrogens is 4. The molecule has 1 aromatic carbocycles. The molecule has 0 spiro atoms. The van der Waals surface area contributed by atoms with Crippen molar-refractivity contribution in [2.24, 2.45) is 12.8 Å². The number of aromatic amines is 1. The summed E-state index contributed by atoms with van der Waals surface area (Å²) in [5.41, 5.74) is 9.48. The third-order valence-corrected chi connectivity index (χ3v) is 4.43. The molecule has 0 aliphatic carbocycles. The van der Waals surface area contributed by atoms with Gasteiger partial charge in [0.1, 0.15) is 17.3 Å². The van der Waals surface area contributed by atoms with E-state index in [2.05, 4.69) is 20.6 Å². The fraction of sp³-hybridized carbons (Fsp3) is 0.278. The van der Waals surface area contributed by atoms with Crippen LogP contribution >= 0.6 is 0 Å². The average molecular weight is 374 g/mol. The van der Waals surface area contributed by atoms with E-state index in [0.29, 0.717) is 5.69 Å². The van der Waals surface area contributed by atoms with Gasteiger partial charge in [-0.3, -0.25) is 14.6 Å². The van der Waals surface area contributed by atoms with Gasteiger partial charge in [-0.1, -0.05) is 6.07 Å². The fourth-order valence-electron chi connectivity index (χ4n) is 2.92. The average Bonchev–Trinajstić information content (AvgIpc) is 3.17. The zero-order valence-corrected chi connectivity index (χ0v) is 15.2. The summed E-state index contributed by atoms with van der Waals surface area (Å²) in [6.45, 7) is 3.77. The molecule has 0 aliphatic heterocycles. The van der Waals surface area contributed by atoms with E-state index in [-0.39, 0.29) is 17.8 Å². The maximum absolute atomic E-state index is 13.8. The Morgan fingerprint density at radius 2 is 2.07 bits per heavy atom. The van der Waals surface area contributed by atoms with Crippen LogP contribution in [0, 0.1) is 25.5 Å². The Morgan fingerprint density at radius 1 is 1.33 bits per heavy atom. The van der Waals surface area contributed by atoms with Crippen molar-refractivity contribution in [1.29, 1.82) is 0 Å². The van der Waals surface area contributed by atoms with E-state index in [1.54, 1.807) is 10.7 Å². The highest BCUT2D eigenvalue weighted by atomic mass is 19.1. The standard InChI is InChI=1S/C18H20F2N6O/c1-9-17(10(2)26(3)25-9)15-7-16(24-23-15)18(27)22-8-14(21)12-5-4-11(19)6-13(12)20/h4-7,14H,8,21H2,1-3H3,(H,22,27)(H,23,24). The molecule has 0 bridgehead atoms. The monoisotopic (exact) mass is 374 g/mol. The van der Waals surface area contributed by atoms with E-state index in [4.69, 9.17) is 5.73 Å².